The average Bonchev–Trinajstić information content (AvgIpc) is 3.07. The monoisotopic (exact) mass is 450 g/mol. The second-order valence-corrected chi connectivity index (χ2v) is 7.31. The predicted molar refractivity (Wildman–Crippen MR) is 107 cm³/mol. The number of alkyl halides is 3. The second kappa shape index (κ2) is 7.81. The fourth-order valence-corrected chi connectivity index (χ4v) is 3.45. The fraction of sp³-hybridized carbons (Fsp3) is 0.190. The molecule has 1 aromatic carbocycles. The largest absolute Gasteiger partial charge is 0.452 e. The first-order valence-corrected chi connectivity index (χ1v) is 9.51. The van der Waals surface area contributed by atoms with Crippen LogP contribution in [0.15, 0.2) is 42.6 Å². The van der Waals surface area contributed by atoms with Crippen molar-refractivity contribution in [2.24, 2.45) is 0 Å². The maximum atomic E-state index is 14.7. The molecule has 0 N–H and O–H groups in total. The van der Waals surface area contributed by atoms with E-state index in [-0.39, 0.29) is 22.2 Å². The van der Waals surface area contributed by atoms with Gasteiger partial charge in [0.2, 0.25) is 0 Å². The van der Waals surface area contributed by atoms with Crippen LogP contribution in [0, 0.1) is 19.7 Å². The zero-order chi connectivity index (χ0) is 22.3. The summed E-state index contributed by atoms with van der Waals surface area (Å²) in [5, 5.41) is 7.40. The maximum absolute atomic E-state index is 14.7. The maximum Gasteiger partial charge on any atom is 0.396 e. The Morgan fingerprint density at radius 2 is 1.77 bits per heavy atom. The van der Waals surface area contributed by atoms with Crippen molar-refractivity contribution in [2.75, 3.05) is 0 Å². The number of nitrogens with zero attached hydrogens (tertiary/aromatic N) is 4. The summed E-state index contributed by atoms with van der Waals surface area (Å²) in [7, 11) is 0. The lowest BCUT2D eigenvalue weighted by molar-refractivity contribution is -0.128. The Labute approximate surface area is 179 Å². The summed E-state index contributed by atoms with van der Waals surface area (Å²) in [6.07, 6.45) is -4.29. The molecular formula is C21H15ClF4N4O. The fourth-order valence-electron chi connectivity index (χ4n) is 3.15. The number of ether oxygens (including phenoxy) is 1. The molecule has 0 atom stereocenters. The molecule has 5 nitrogen and oxygen atoms in total. The molecule has 0 spiro atoms. The van der Waals surface area contributed by atoms with E-state index in [1.54, 1.807) is 25.1 Å². The van der Waals surface area contributed by atoms with Gasteiger partial charge in [-0.25, -0.2) is 4.39 Å². The van der Waals surface area contributed by atoms with Gasteiger partial charge in [0, 0.05) is 17.5 Å². The van der Waals surface area contributed by atoms with Crippen LogP contribution in [0.25, 0.3) is 16.8 Å². The normalized spacial score (nSPS) is 11.8. The molecule has 31 heavy (non-hydrogen) atoms. The summed E-state index contributed by atoms with van der Waals surface area (Å²) in [6.45, 7) is 3.60. The summed E-state index contributed by atoms with van der Waals surface area (Å²) < 4.78 is 59.6. The Kier molecular flexibility index (Phi) is 5.30. The van der Waals surface area contributed by atoms with Crippen molar-refractivity contribution in [3.63, 3.8) is 0 Å². The van der Waals surface area contributed by atoms with Crippen LogP contribution >= 0.6 is 11.6 Å². The summed E-state index contributed by atoms with van der Waals surface area (Å²) in [6, 6.07) is 9.23. The van der Waals surface area contributed by atoms with Gasteiger partial charge in [-0.1, -0.05) is 17.7 Å². The Bertz CT molecular complexity index is 1290. The van der Waals surface area contributed by atoms with Gasteiger partial charge >= 0.3 is 6.18 Å². The summed E-state index contributed by atoms with van der Waals surface area (Å²) >= 11 is 6.35. The van der Waals surface area contributed by atoms with E-state index in [0.29, 0.717) is 22.6 Å². The van der Waals surface area contributed by atoms with Gasteiger partial charge in [0.05, 0.1) is 10.7 Å². The Morgan fingerprint density at radius 1 is 1.03 bits per heavy atom. The molecule has 3 aromatic heterocycles. The average molecular weight is 451 g/mol. The van der Waals surface area contributed by atoms with E-state index in [4.69, 9.17) is 16.3 Å². The third-order valence-corrected chi connectivity index (χ3v) is 4.96. The number of pyridine rings is 2. The number of rotatable bonds is 4. The molecule has 0 bridgehead atoms. The van der Waals surface area contributed by atoms with E-state index in [1.807, 2.05) is 6.92 Å². The van der Waals surface area contributed by atoms with Gasteiger partial charge in [-0.2, -0.15) is 13.2 Å². The highest BCUT2D eigenvalue weighted by Crippen LogP contribution is 2.35. The van der Waals surface area contributed by atoms with E-state index >= 15 is 0 Å². The van der Waals surface area contributed by atoms with Crippen LogP contribution in [0.1, 0.15) is 17.2 Å². The Morgan fingerprint density at radius 3 is 2.45 bits per heavy atom. The Balaban J connectivity index is 1.67. The third-order valence-electron chi connectivity index (χ3n) is 4.59. The minimum Gasteiger partial charge on any atom is -0.452 e. The molecule has 0 saturated carbocycles. The number of fused-ring (bicyclic) bond motifs is 1. The van der Waals surface area contributed by atoms with Crippen molar-refractivity contribution < 1.29 is 22.3 Å². The lowest BCUT2D eigenvalue weighted by Gasteiger charge is -2.12. The van der Waals surface area contributed by atoms with Gasteiger partial charge in [-0.15, -0.1) is 10.2 Å². The first-order chi connectivity index (χ1) is 14.6. The minimum absolute atomic E-state index is 0.00430. The number of halogens is 5. The standard InChI is InChI=1S/C21H15ClF4N4O/c1-11-3-5-16(12(2)27-11)31-17-6-4-13(9-15(17)23)14-7-8-30-18(10-21(24,25)26)28-29-20(30)19(14)22/h3-9H,10H2,1-2H3. The molecule has 4 aromatic rings. The van der Waals surface area contributed by atoms with Gasteiger partial charge in [-0.05, 0) is 49.7 Å². The van der Waals surface area contributed by atoms with E-state index < -0.39 is 18.4 Å². The molecule has 3 heterocycles. The molecule has 0 aliphatic heterocycles. The van der Waals surface area contributed by atoms with Crippen LogP contribution in [0.2, 0.25) is 5.02 Å². The summed E-state index contributed by atoms with van der Waals surface area (Å²) in [5.41, 5.74) is 2.31. The van der Waals surface area contributed by atoms with E-state index in [9.17, 15) is 17.6 Å². The molecular weight excluding hydrogens is 436 g/mol. The lowest BCUT2D eigenvalue weighted by atomic mass is 10.1. The van der Waals surface area contributed by atoms with E-state index in [1.165, 1.54) is 28.8 Å². The van der Waals surface area contributed by atoms with Gasteiger partial charge in [-0.3, -0.25) is 9.38 Å². The molecule has 0 radical (unpaired) electrons. The second-order valence-electron chi connectivity index (χ2n) is 6.93. The number of aromatic nitrogens is 4. The SMILES string of the molecule is Cc1ccc(Oc2ccc(-c3ccn4c(CC(F)(F)F)nnc4c3Cl)cc2F)c(C)n1. The summed E-state index contributed by atoms with van der Waals surface area (Å²) in [5.74, 6) is -0.484. The minimum atomic E-state index is -4.43. The first-order valence-electron chi connectivity index (χ1n) is 9.13. The van der Waals surface area contributed by atoms with Gasteiger partial charge in [0.1, 0.15) is 18.0 Å². The van der Waals surface area contributed by atoms with Crippen LogP contribution in [0.5, 0.6) is 11.5 Å². The van der Waals surface area contributed by atoms with Crippen molar-refractivity contribution >= 4 is 17.2 Å². The van der Waals surface area contributed by atoms with E-state index in [2.05, 4.69) is 15.2 Å². The molecule has 0 saturated heterocycles. The molecule has 0 fully saturated rings. The number of hydrogen-bond acceptors (Lipinski definition) is 4. The van der Waals surface area contributed by atoms with Crippen LogP contribution in [-0.2, 0) is 6.42 Å². The number of benzene rings is 1. The molecule has 160 valence electrons. The van der Waals surface area contributed by atoms with Gasteiger partial charge in [0.25, 0.3) is 0 Å². The van der Waals surface area contributed by atoms with Crippen LogP contribution in [0.3, 0.4) is 0 Å². The zero-order valence-corrected chi connectivity index (χ0v) is 17.1. The highest BCUT2D eigenvalue weighted by Gasteiger charge is 2.31. The van der Waals surface area contributed by atoms with Crippen molar-refractivity contribution in [1.82, 2.24) is 19.6 Å². The molecule has 0 aliphatic rings. The van der Waals surface area contributed by atoms with E-state index in [0.717, 1.165) is 5.69 Å². The van der Waals surface area contributed by atoms with Gasteiger partial charge in [0.15, 0.2) is 17.2 Å². The quantitative estimate of drug-likeness (QED) is 0.353. The van der Waals surface area contributed by atoms with Gasteiger partial charge < -0.3 is 4.74 Å². The molecule has 10 heteroatoms. The predicted octanol–water partition coefficient (Wildman–Crippen LogP) is 6.10. The molecule has 0 amide bonds. The smallest absolute Gasteiger partial charge is 0.396 e. The van der Waals surface area contributed by atoms with Crippen molar-refractivity contribution in [3.05, 3.63) is 70.6 Å². The highest BCUT2D eigenvalue weighted by atomic mass is 35.5. The molecule has 0 unspecified atom stereocenters. The zero-order valence-electron chi connectivity index (χ0n) is 16.3. The Hall–Kier alpha value is -3.20. The van der Waals surface area contributed by atoms with Crippen LogP contribution in [-0.4, -0.2) is 25.8 Å². The first kappa shape index (κ1) is 21.0. The van der Waals surface area contributed by atoms with Crippen LogP contribution < -0.4 is 4.74 Å². The van der Waals surface area contributed by atoms with Crippen LogP contribution in [0.4, 0.5) is 17.6 Å². The van der Waals surface area contributed by atoms with Crippen molar-refractivity contribution in [1.29, 1.82) is 0 Å². The number of aryl methyl sites for hydroxylation is 2. The van der Waals surface area contributed by atoms with Crippen molar-refractivity contribution in [3.8, 4) is 22.6 Å². The topological polar surface area (TPSA) is 52.3 Å². The number of hydrogen-bond donors (Lipinski definition) is 0. The third kappa shape index (κ3) is 4.32. The van der Waals surface area contributed by atoms with Crippen molar-refractivity contribution in [2.45, 2.75) is 26.4 Å². The summed E-state index contributed by atoms with van der Waals surface area (Å²) in [4.78, 5) is 4.28. The highest BCUT2D eigenvalue weighted by molar-refractivity contribution is 6.36. The lowest BCUT2D eigenvalue weighted by Crippen LogP contribution is -2.14. The molecule has 0 aliphatic carbocycles. The molecule has 4 rings (SSSR count).